The van der Waals surface area contributed by atoms with Crippen LogP contribution in [0, 0.1) is 0 Å². The van der Waals surface area contributed by atoms with Crippen LogP contribution in [0.2, 0.25) is 0 Å². The van der Waals surface area contributed by atoms with Gasteiger partial charge in [-0.2, -0.15) is 0 Å². The molecule has 2 rings (SSSR count). The normalized spacial score (nSPS) is 10.5. The van der Waals surface area contributed by atoms with Gasteiger partial charge in [-0.3, -0.25) is 0 Å². The van der Waals surface area contributed by atoms with Crippen LogP contribution in [0.5, 0.6) is 0 Å². The number of H-pyrrole nitrogens is 1. The second-order valence-corrected chi connectivity index (χ2v) is 2.93. The molecule has 0 atom stereocenters. The quantitative estimate of drug-likeness (QED) is 0.791. The smallest absolute Gasteiger partial charge is 0.341 e. The van der Waals surface area contributed by atoms with Crippen molar-refractivity contribution in [3.63, 3.8) is 0 Å². The van der Waals surface area contributed by atoms with Crippen LogP contribution in [-0.2, 0) is 6.42 Å². The highest BCUT2D eigenvalue weighted by atomic mass is 16.5. The number of imidazole rings is 1. The molecular formula is C9H9N3O3. The highest BCUT2D eigenvalue weighted by Crippen LogP contribution is 2.22. The third-order valence-electron chi connectivity index (χ3n) is 2.02. The van der Waals surface area contributed by atoms with E-state index >= 15 is 0 Å². The molecule has 0 aliphatic carbocycles. The molecule has 0 unspecified atom stereocenters. The maximum absolute atomic E-state index is 11.0. The van der Waals surface area contributed by atoms with E-state index in [2.05, 4.69) is 15.1 Å². The van der Waals surface area contributed by atoms with E-state index in [-0.39, 0.29) is 11.3 Å². The summed E-state index contributed by atoms with van der Waals surface area (Å²) in [5, 5.41) is 12.7. The maximum Gasteiger partial charge on any atom is 0.341 e. The zero-order valence-electron chi connectivity index (χ0n) is 8.02. The Morgan fingerprint density at radius 1 is 1.67 bits per heavy atom. The Hall–Kier alpha value is -2.11. The van der Waals surface area contributed by atoms with E-state index in [1.807, 2.05) is 0 Å². The molecule has 6 heteroatoms. The maximum atomic E-state index is 11.0. The Balaban J connectivity index is 2.58. The number of hydrogen-bond donors (Lipinski definition) is 2. The number of carboxylic acids is 1. The zero-order chi connectivity index (χ0) is 10.8. The van der Waals surface area contributed by atoms with Gasteiger partial charge in [-0.1, -0.05) is 12.1 Å². The molecule has 0 amide bonds. The van der Waals surface area contributed by atoms with Gasteiger partial charge in [0.25, 0.3) is 0 Å². The molecule has 0 fully saturated rings. The minimum atomic E-state index is -1.06. The van der Waals surface area contributed by atoms with E-state index in [0.717, 1.165) is 0 Å². The number of aromatic carboxylic acids is 1. The Morgan fingerprint density at radius 3 is 3.00 bits per heavy atom. The van der Waals surface area contributed by atoms with Crippen molar-refractivity contribution in [1.29, 1.82) is 0 Å². The average molecular weight is 207 g/mol. The summed E-state index contributed by atoms with van der Waals surface area (Å²) in [6, 6.07) is 0. The Morgan fingerprint density at radius 2 is 2.47 bits per heavy atom. The molecule has 0 spiro atoms. The predicted octanol–water partition coefficient (Wildman–Crippen LogP) is 1.33. The summed E-state index contributed by atoms with van der Waals surface area (Å²) in [4.78, 5) is 17.7. The first-order chi connectivity index (χ1) is 7.24. The number of carboxylic acid groups (broad SMARTS) is 1. The van der Waals surface area contributed by atoms with Crippen molar-refractivity contribution >= 4 is 5.97 Å². The van der Waals surface area contributed by atoms with Crippen LogP contribution < -0.4 is 0 Å². The molecule has 78 valence electrons. The molecule has 2 heterocycles. The number of nitrogens with zero attached hydrogens (tertiary/aromatic N) is 2. The van der Waals surface area contributed by atoms with E-state index in [4.69, 9.17) is 9.63 Å². The number of aryl methyl sites for hydroxylation is 1. The molecule has 0 bridgehead atoms. The van der Waals surface area contributed by atoms with Gasteiger partial charge < -0.3 is 14.6 Å². The molecule has 2 N–H and O–H groups in total. The lowest BCUT2D eigenvalue weighted by molar-refractivity contribution is 0.0695. The van der Waals surface area contributed by atoms with Crippen molar-refractivity contribution in [2.75, 3.05) is 0 Å². The minimum absolute atomic E-state index is 0.0763. The molecule has 6 nitrogen and oxygen atoms in total. The summed E-state index contributed by atoms with van der Waals surface area (Å²) in [6.45, 7) is 1.80. The van der Waals surface area contributed by atoms with Gasteiger partial charge in [-0.15, -0.1) is 0 Å². The summed E-state index contributed by atoms with van der Waals surface area (Å²) >= 11 is 0. The first-order valence-corrected chi connectivity index (χ1v) is 4.45. The molecule has 15 heavy (non-hydrogen) atoms. The van der Waals surface area contributed by atoms with Crippen molar-refractivity contribution < 1.29 is 14.4 Å². The fourth-order valence-electron chi connectivity index (χ4n) is 1.34. The van der Waals surface area contributed by atoms with Crippen molar-refractivity contribution in [3.8, 4) is 11.5 Å². The standard InChI is InChI=1S/C9H9N3O3/c1-2-5-6(9(13)14)7(12-15-5)8-10-3-4-11-8/h3-4H,2H2,1H3,(H,10,11)(H,13,14). The number of carbonyl (C=O) groups is 1. The van der Waals surface area contributed by atoms with Gasteiger partial charge in [0.2, 0.25) is 0 Å². The third-order valence-corrected chi connectivity index (χ3v) is 2.02. The molecule has 2 aromatic rings. The van der Waals surface area contributed by atoms with Crippen LogP contribution in [0.4, 0.5) is 0 Å². The molecular weight excluding hydrogens is 198 g/mol. The SMILES string of the molecule is CCc1onc(-c2ncc[nH]2)c1C(=O)O. The second-order valence-electron chi connectivity index (χ2n) is 2.93. The Labute approximate surface area is 84.9 Å². The Bertz CT molecular complexity index is 473. The molecule has 0 radical (unpaired) electrons. The van der Waals surface area contributed by atoms with Gasteiger partial charge in [0.1, 0.15) is 5.56 Å². The fraction of sp³-hybridized carbons (Fsp3) is 0.222. The largest absolute Gasteiger partial charge is 0.477 e. The third kappa shape index (κ3) is 1.50. The van der Waals surface area contributed by atoms with Crippen molar-refractivity contribution in [3.05, 3.63) is 23.7 Å². The lowest BCUT2D eigenvalue weighted by Gasteiger charge is -1.93. The highest BCUT2D eigenvalue weighted by molar-refractivity contribution is 5.94. The first-order valence-electron chi connectivity index (χ1n) is 4.45. The summed E-state index contributed by atoms with van der Waals surface area (Å²) in [7, 11) is 0. The average Bonchev–Trinajstić information content (AvgIpc) is 2.85. The fourth-order valence-corrected chi connectivity index (χ4v) is 1.34. The lowest BCUT2D eigenvalue weighted by Crippen LogP contribution is -2.01. The summed E-state index contributed by atoms with van der Waals surface area (Å²) in [5.41, 5.74) is 0.316. The monoisotopic (exact) mass is 207 g/mol. The van der Waals surface area contributed by atoms with Gasteiger partial charge in [0.15, 0.2) is 17.3 Å². The van der Waals surface area contributed by atoms with E-state index < -0.39 is 5.97 Å². The molecule has 0 aliphatic heterocycles. The van der Waals surface area contributed by atoms with Crippen LogP contribution in [-0.4, -0.2) is 26.2 Å². The van der Waals surface area contributed by atoms with Gasteiger partial charge in [0.05, 0.1) is 0 Å². The topological polar surface area (TPSA) is 92.0 Å². The molecule has 0 saturated carbocycles. The predicted molar refractivity (Wildman–Crippen MR) is 50.4 cm³/mol. The molecule has 2 aromatic heterocycles. The van der Waals surface area contributed by atoms with Gasteiger partial charge in [0, 0.05) is 18.8 Å². The molecule has 0 aliphatic rings. The van der Waals surface area contributed by atoms with Crippen LogP contribution in [0.3, 0.4) is 0 Å². The number of hydrogen-bond acceptors (Lipinski definition) is 4. The zero-order valence-corrected chi connectivity index (χ0v) is 8.02. The lowest BCUT2D eigenvalue weighted by atomic mass is 10.1. The van der Waals surface area contributed by atoms with Gasteiger partial charge >= 0.3 is 5.97 Å². The summed E-state index contributed by atoms with van der Waals surface area (Å²) in [5.74, 6) is -0.302. The van der Waals surface area contributed by atoms with E-state index in [9.17, 15) is 4.79 Å². The van der Waals surface area contributed by atoms with Crippen LogP contribution in [0.25, 0.3) is 11.5 Å². The minimum Gasteiger partial charge on any atom is -0.477 e. The van der Waals surface area contributed by atoms with Crippen molar-refractivity contribution in [2.45, 2.75) is 13.3 Å². The Kier molecular flexibility index (Phi) is 2.24. The van der Waals surface area contributed by atoms with Crippen molar-refractivity contribution in [1.82, 2.24) is 15.1 Å². The van der Waals surface area contributed by atoms with E-state index in [1.165, 1.54) is 6.20 Å². The first kappa shape index (κ1) is 9.45. The molecule has 0 saturated heterocycles. The van der Waals surface area contributed by atoms with Gasteiger partial charge in [-0.25, -0.2) is 9.78 Å². The van der Waals surface area contributed by atoms with Crippen LogP contribution >= 0.6 is 0 Å². The van der Waals surface area contributed by atoms with E-state index in [0.29, 0.717) is 18.0 Å². The number of aromatic amines is 1. The number of nitrogens with one attached hydrogen (secondary N) is 1. The van der Waals surface area contributed by atoms with Crippen LogP contribution in [0.1, 0.15) is 23.0 Å². The summed E-state index contributed by atoms with van der Waals surface area (Å²) < 4.78 is 4.94. The highest BCUT2D eigenvalue weighted by Gasteiger charge is 2.23. The van der Waals surface area contributed by atoms with Crippen LogP contribution in [0.15, 0.2) is 16.9 Å². The number of aromatic nitrogens is 3. The molecule has 0 aromatic carbocycles. The second kappa shape index (κ2) is 3.56. The number of rotatable bonds is 3. The van der Waals surface area contributed by atoms with Gasteiger partial charge in [-0.05, 0) is 0 Å². The van der Waals surface area contributed by atoms with Crippen molar-refractivity contribution in [2.24, 2.45) is 0 Å². The summed E-state index contributed by atoms with van der Waals surface area (Å²) in [6.07, 6.45) is 3.61. The van der Waals surface area contributed by atoms with E-state index in [1.54, 1.807) is 13.1 Å².